The van der Waals surface area contributed by atoms with E-state index in [2.05, 4.69) is 27.9 Å². The summed E-state index contributed by atoms with van der Waals surface area (Å²) in [6.07, 6.45) is 1.74. The second kappa shape index (κ2) is 6.36. The molecule has 0 radical (unpaired) electrons. The van der Waals surface area contributed by atoms with Gasteiger partial charge in [0.1, 0.15) is 0 Å². The highest BCUT2D eigenvalue weighted by Crippen LogP contribution is 2.19. The van der Waals surface area contributed by atoms with Crippen molar-refractivity contribution in [2.75, 3.05) is 18.4 Å². The van der Waals surface area contributed by atoms with Crippen LogP contribution in [0, 0.1) is 9.49 Å². The van der Waals surface area contributed by atoms with E-state index in [0.717, 1.165) is 28.6 Å². The average Bonchev–Trinajstić information content (AvgIpc) is 2.41. The number of carbonyl (C=O) groups is 2. The topological polar surface area (TPSA) is 49.4 Å². The van der Waals surface area contributed by atoms with Crippen molar-refractivity contribution in [2.24, 2.45) is 5.92 Å². The lowest BCUT2D eigenvalue weighted by molar-refractivity contribution is -0.132. The molecule has 1 N–H and O–H groups in total. The summed E-state index contributed by atoms with van der Waals surface area (Å²) in [4.78, 5) is 25.3. The van der Waals surface area contributed by atoms with Gasteiger partial charge in [-0.15, -0.1) is 0 Å². The monoisotopic (exact) mass is 372 g/mol. The predicted octanol–water partition coefficient (Wildman–Crippen LogP) is 2.49. The molecule has 0 unspecified atom stereocenters. The Balaban J connectivity index is 1.96. The summed E-state index contributed by atoms with van der Waals surface area (Å²) < 4.78 is 1.14. The number of carbonyl (C=O) groups excluding carboxylic acids is 2. The lowest BCUT2D eigenvalue weighted by Crippen LogP contribution is -2.42. The SMILES string of the molecule is CC(=O)N1CCC[C@H](C(=O)Nc2ccc(I)cc2)C1. The second-order valence-electron chi connectivity index (χ2n) is 4.80. The van der Waals surface area contributed by atoms with Gasteiger partial charge in [-0.3, -0.25) is 9.59 Å². The largest absolute Gasteiger partial charge is 0.342 e. The van der Waals surface area contributed by atoms with E-state index in [1.807, 2.05) is 24.3 Å². The smallest absolute Gasteiger partial charge is 0.229 e. The molecule has 0 bridgehead atoms. The Bertz CT molecular complexity index is 473. The molecule has 102 valence electrons. The molecule has 1 atom stereocenters. The zero-order valence-corrected chi connectivity index (χ0v) is 13.0. The lowest BCUT2D eigenvalue weighted by atomic mass is 9.97. The molecule has 2 amide bonds. The lowest BCUT2D eigenvalue weighted by Gasteiger charge is -2.31. The van der Waals surface area contributed by atoms with E-state index in [4.69, 9.17) is 0 Å². The van der Waals surface area contributed by atoms with E-state index >= 15 is 0 Å². The quantitative estimate of drug-likeness (QED) is 0.812. The molecular formula is C14H17IN2O2. The van der Waals surface area contributed by atoms with Crippen LogP contribution in [0.2, 0.25) is 0 Å². The first-order valence-electron chi connectivity index (χ1n) is 6.38. The van der Waals surface area contributed by atoms with Crippen molar-refractivity contribution in [2.45, 2.75) is 19.8 Å². The van der Waals surface area contributed by atoms with E-state index in [1.54, 1.807) is 11.8 Å². The van der Waals surface area contributed by atoms with Crippen molar-refractivity contribution in [3.63, 3.8) is 0 Å². The zero-order valence-electron chi connectivity index (χ0n) is 10.9. The Morgan fingerprint density at radius 2 is 2.00 bits per heavy atom. The number of amides is 2. The van der Waals surface area contributed by atoms with Crippen LogP contribution < -0.4 is 5.32 Å². The molecule has 2 rings (SSSR count). The predicted molar refractivity (Wildman–Crippen MR) is 82.8 cm³/mol. The summed E-state index contributed by atoms with van der Waals surface area (Å²) >= 11 is 2.23. The Labute approximate surface area is 126 Å². The molecule has 1 saturated heterocycles. The van der Waals surface area contributed by atoms with Crippen molar-refractivity contribution >= 4 is 40.1 Å². The minimum absolute atomic E-state index is 0.00663. The van der Waals surface area contributed by atoms with Crippen molar-refractivity contribution in [1.82, 2.24) is 4.90 Å². The first-order valence-corrected chi connectivity index (χ1v) is 7.46. The fraction of sp³-hybridized carbons (Fsp3) is 0.429. The Morgan fingerprint density at radius 1 is 1.32 bits per heavy atom. The number of nitrogens with one attached hydrogen (secondary N) is 1. The molecule has 19 heavy (non-hydrogen) atoms. The van der Waals surface area contributed by atoms with Gasteiger partial charge in [0.2, 0.25) is 11.8 Å². The normalized spacial score (nSPS) is 19.1. The molecule has 5 heteroatoms. The molecule has 0 aromatic heterocycles. The number of hydrogen-bond donors (Lipinski definition) is 1. The molecule has 1 aromatic rings. The molecule has 0 saturated carbocycles. The highest BCUT2D eigenvalue weighted by atomic mass is 127. The van der Waals surface area contributed by atoms with Crippen molar-refractivity contribution in [1.29, 1.82) is 0 Å². The van der Waals surface area contributed by atoms with Crippen LogP contribution in [0.25, 0.3) is 0 Å². The third kappa shape index (κ3) is 3.92. The Kier molecular flexibility index (Phi) is 4.79. The van der Waals surface area contributed by atoms with Crippen LogP contribution in [-0.2, 0) is 9.59 Å². The summed E-state index contributed by atoms with van der Waals surface area (Å²) in [6, 6.07) is 7.70. The molecule has 1 aliphatic heterocycles. The van der Waals surface area contributed by atoms with Gasteiger partial charge in [-0.05, 0) is 59.7 Å². The van der Waals surface area contributed by atoms with Crippen LogP contribution in [0.3, 0.4) is 0 Å². The minimum Gasteiger partial charge on any atom is -0.342 e. The van der Waals surface area contributed by atoms with E-state index in [0.29, 0.717) is 6.54 Å². The summed E-state index contributed by atoms with van der Waals surface area (Å²) in [5.41, 5.74) is 0.811. The van der Waals surface area contributed by atoms with Gasteiger partial charge in [-0.2, -0.15) is 0 Å². The van der Waals surface area contributed by atoms with Crippen LogP contribution >= 0.6 is 22.6 Å². The maximum absolute atomic E-state index is 12.2. The van der Waals surface area contributed by atoms with E-state index in [1.165, 1.54) is 0 Å². The van der Waals surface area contributed by atoms with Gasteiger partial charge >= 0.3 is 0 Å². The zero-order chi connectivity index (χ0) is 13.8. The van der Waals surface area contributed by atoms with Gasteiger partial charge in [-0.25, -0.2) is 0 Å². The average molecular weight is 372 g/mol. The number of halogens is 1. The number of likely N-dealkylation sites (tertiary alicyclic amines) is 1. The van der Waals surface area contributed by atoms with E-state index in [9.17, 15) is 9.59 Å². The molecule has 1 aliphatic rings. The summed E-state index contributed by atoms with van der Waals surface area (Å²) in [7, 11) is 0. The van der Waals surface area contributed by atoms with E-state index in [-0.39, 0.29) is 17.7 Å². The number of anilines is 1. The maximum atomic E-state index is 12.2. The maximum Gasteiger partial charge on any atom is 0.229 e. The summed E-state index contributed by atoms with van der Waals surface area (Å²) in [6.45, 7) is 2.85. The highest BCUT2D eigenvalue weighted by molar-refractivity contribution is 14.1. The molecule has 1 aromatic carbocycles. The van der Waals surface area contributed by atoms with Crippen molar-refractivity contribution < 1.29 is 9.59 Å². The number of piperidine rings is 1. The van der Waals surface area contributed by atoms with Crippen molar-refractivity contribution in [3.05, 3.63) is 27.8 Å². The van der Waals surface area contributed by atoms with Gasteiger partial charge < -0.3 is 10.2 Å². The van der Waals surface area contributed by atoms with Crippen LogP contribution in [0.15, 0.2) is 24.3 Å². The van der Waals surface area contributed by atoms with Gasteiger partial charge in [0.05, 0.1) is 5.92 Å². The van der Waals surface area contributed by atoms with Gasteiger partial charge in [0, 0.05) is 29.3 Å². The summed E-state index contributed by atoms with van der Waals surface area (Å²) in [5, 5.41) is 2.92. The molecule has 0 aliphatic carbocycles. The fourth-order valence-electron chi connectivity index (χ4n) is 2.25. The first kappa shape index (κ1) is 14.3. The molecular weight excluding hydrogens is 355 g/mol. The molecule has 1 fully saturated rings. The standard InChI is InChI=1S/C14H17IN2O2/c1-10(18)17-8-2-3-11(9-17)14(19)16-13-6-4-12(15)5-7-13/h4-7,11H,2-3,8-9H2,1H3,(H,16,19)/t11-/m0/s1. The van der Waals surface area contributed by atoms with Crippen LogP contribution in [0.4, 0.5) is 5.69 Å². The molecule has 0 spiro atoms. The van der Waals surface area contributed by atoms with Crippen LogP contribution in [0.5, 0.6) is 0 Å². The van der Waals surface area contributed by atoms with Crippen LogP contribution in [-0.4, -0.2) is 29.8 Å². The molecule has 1 heterocycles. The number of rotatable bonds is 2. The van der Waals surface area contributed by atoms with Gasteiger partial charge in [0.25, 0.3) is 0 Å². The third-order valence-corrected chi connectivity index (χ3v) is 4.07. The highest BCUT2D eigenvalue weighted by Gasteiger charge is 2.26. The van der Waals surface area contributed by atoms with Gasteiger partial charge in [0.15, 0.2) is 0 Å². The number of benzene rings is 1. The first-order chi connectivity index (χ1) is 9.06. The number of nitrogens with zero attached hydrogens (tertiary/aromatic N) is 1. The molecule has 4 nitrogen and oxygen atoms in total. The van der Waals surface area contributed by atoms with E-state index < -0.39 is 0 Å². The second-order valence-corrected chi connectivity index (χ2v) is 6.05. The van der Waals surface area contributed by atoms with Crippen LogP contribution in [0.1, 0.15) is 19.8 Å². The van der Waals surface area contributed by atoms with Gasteiger partial charge in [-0.1, -0.05) is 0 Å². The Morgan fingerprint density at radius 3 is 2.63 bits per heavy atom. The summed E-state index contributed by atoms with van der Waals surface area (Å²) in [5.74, 6) is -0.0455. The fourth-order valence-corrected chi connectivity index (χ4v) is 2.61. The number of hydrogen-bond acceptors (Lipinski definition) is 2. The van der Waals surface area contributed by atoms with Crippen molar-refractivity contribution in [3.8, 4) is 0 Å². The third-order valence-electron chi connectivity index (χ3n) is 3.35. The Hall–Kier alpha value is -1.11. The minimum atomic E-state index is -0.100.